The molecule has 1 amide bonds. The van der Waals surface area contributed by atoms with Crippen LogP contribution in [0.4, 0.5) is 4.39 Å². The van der Waals surface area contributed by atoms with Crippen LogP contribution in [0, 0.1) is 11.3 Å². The van der Waals surface area contributed by atoms with Gasteiger partial charge >= 0.3 is 6.01 Å². The SMILES string of the molecule is CCOc1n[nH]c(-c2cc(C(=O)N3CCC(F)(c4ccccc4C#N)CC3)c(CC)cc2C2CCC2)n1. The fourth-order valence-electron chi connectivity index (χ4n) is 5.45. The number of hydrogen-bond acceptors (Lipinski definition) is 5. The molecule has 3 aromatic rings. The molecule has 1 aliphatic carbocycles. The Kier molecular flexibility index (Phi) is 6.96. The molecular formula is C29H32FN5O2. The summed E-state index contributed by atoms with van der Waals surface area (Å²) in [7, 11) is 0. The Morgan fingerprint density at radius 3 is 2.65 bits per heavy atom. The lowest BCUT2D eigenvalue weighted by Crippen LogP contribution is -2.43. The van der Waals surface area contributed by atoms with Gasteiger partial charge in [0, 0.05) is 42.6 Å². The molecule has 1 N–H and O–H groups in total. The lowest BCUT2D eigenvalue weighted by atomic mass is 9.76. The Labute approximate surface area is 216 Å². The summed E-state index contributed by atoms with van der Waals surface area (Å²) in [5.74, 6) is 0.933. The van der Waals surface area contributed by atoms with E-state index in [1.807, 2.05) is 13.0 Å². The lowest BCUT2D eigenvalue weighted by molar-refractivity contribution is 0.0419. The number of aromatic nitrogens is 3. The van der Waals surface area contributed by atoms with Crippen LogP contribution in [-0.2, 0) is 12.1 Å². The molecule has 1 aliphatic heterocycles. The second-order valence-corrected chi connectivity index (χ2v) is 9.89. The van der Waals surface area contributed by atoms with Crippen LogP contribution in [0.15, 0.2) is 36.4 Å². The first kappa shape index (κ1) is 24.9. The molecule has 2 aromatic carbocycles. The minimum atomic E-state index is -1.62. The number of nitrogens with one attached hydrogen (secondary N) is 1. The number of halogens is 1. The topological polar surface area (TPSA) is 94.9 Å². The zero-order chi connectivity index (χ0) is 26.0. The fourth-order valence-corrected chi connectivity index (χ4v) is 5.45. The Balaban J connectivity index is 1.44. The van der Waals surface area contributed by atoms with Gasteiger partial charge in [-0.2, -0.15) is 10.2 Å². The van der Waals surface area contributed by atoms with Crippen LogP contribution < -0.4 is 4.74 Å². The minimum absolute atomic E-state index is 0.0987. The van der Waals surface area contributed by atoms with E-state index < -0.39 is 5.67 Å². The van der Waals surface area contributed by atoms with Crippen LogP contribution in [0.25, 0.3) is 11.4 Å². The number of alkyl halides is 1. The third-order valence-corrected chi connectivity index (χ3v) is 7.80. The number of benzene rings is 2. The molecule has 0 atom stereocenters. The van der Waals surface area contributed by atoms with E-state index in [1.165, 1.54) is 12.0 Å². The average molecular weight is 502 g/mol. The van der Waals surface area contributed by atoms with Gasteiger partial charge in [0.05, 0.1) is 18.2 Å². The number of amides is 1. The van der Waals surface area contributed by atoms with E-state index in [-0.39, 0.29) is 37.8 Å². The molecule has 0 spiro atoms. The summed E-state index contributed by atoms with van der Waals surface area (Å²) in [5.41, 5.74) is 2.84. The van der Waals surface area contributed by atoms with Crippen LogP contribution in [0.5, 0.6) is 6.01 Å². The number of nitriles is 1. The van der Waals surface area contributed by atoms with Crippen LogP contribution >= 0.6 is 0 Å². The summed E-state index contributed by atoms with van der Waals surface area (Å²) in [5, 5.41) is 16.6. The number of rotatable bonds is 7. The van der Waals surface area contributed by atoms with Gasteiger partial charge in [-0.15, -0.1) is 5.10 Å². The maximum absolute atomic E-state index is 16.0. The van der Waals surface area contributed by atoms with Gasteiger partial charge in [-0.25, -0.2) is 4.39 Å². The van der Waals surface area contributed by atoms with E-state index in [0.717, 1.165) is 30.4 Å². The molecule has 5 rings (SSSR count). The third kappa shape index (κ3) is 4.71. The van der Waals surface area contributed by atoms with Gasteiger partial charge in [0.25, 0.3) is 5.91 Å². The Morgan fingerprint density at radius 2 is 2.00 bits per heavy atom. The smallest absolute Gasteiger partial charge is 0.335 e. The molecule has 0 unspecified atom stereocenters. The quantitative estimate of drug-likeness (QED) is 0.450. The molecule has 1 saturated heterocycles. The van der Waals surface area contributed by atoms with Crippen molar-refractivity contribution in [2.45, 2.75) is 64.0 Å². The highest BCUT2D eigenvalue weighted by Gasteiger charge is 2.39. The maximum atomic E-state index is 16.0. The van der Waals surface area contributed by atoms with Gasteiger partial charge in [-0.1, -0.05) is 37.6 Å². The number of ether oxygens (including phenoxy) is 1. The van der Waals surface area contributed by atoms with E-state index >= 15 is 4.39 Å². The van der Waals surface area contributed by atoms with Crippen molar-refractivity contribution in [1.29, 1.82) is 5.26 Å². The van der Waals surface area contributed by atoms with Crippen LogP contribution in [0.1, 0.15) is 84.5 Å². The molecule has 7 nitrogen and oxygen atoms in total. The number of likely N-dealkylation sites (tertiary alicyclic amines) is 1. The normalized spacial score (nSPS) is 17.2. The highest BCUT2D eigenvalue weighted by Crippen LogP contribution is 2.43. The van der Waals surface area contributed by atoms with Crippen molar-refractivity contribution in [2.24, 2.45) is 0 Å². The van der Waals surface area contributed by atoms with Gasteiger partial charge in [0.15, 0.2) is 5.82 Å². The third-order valence-electron chi connectivity index (χ3n) is 7.80. The minimum Gasteiger partial charge on any atom is -0.463 e. The number of nitrogens with zero attached hydrogens (tertiary/aromatic N) is 4. The van der Waals surface area contributed by atoms with Crippen molar-refractivity contribution in [3.63, 3.8) is 0 Å². The van der Waals surface area contributed by atoms with Crippen molar-refractivity contribution in [3.8, 4) is 23.5 Å². The molecule has 0 bridgehead atoms. The molecule has 2 aliphatic rings. The Hall–Kier alpha value is -3.73. The predicted octanol–water partition coefficient (Wildman–Crippen LogP) is 5.67. The van der Waals surface area contributed by atoms with Crippen molar-refractivity contribution in [3.05, 3.63) is 64.2 Å². The molecule has 0 radical (unpaired) electrons. The highest BCUT2D eigenvalue weighted by molar-refractivity contribution is 5.97. The second-order valence-electron chi connectivity index (χ2n) is 9.89. The molecular weight excluding hydrogens is 469 g/mol. The average Bonchev–Trinajstić information content (AvgIpc) is 3.36. The largest absolute Gasteiger partial charge is 0.463 e. The summed E-state index contributed by atoms with van der Waals surface area (Å²) in [6, 6.07) is 13.3. The predicted molar refractivity (Wildman–Crippen MR) is 138 cm³/mol. The molecule has 1 aromatic heterocycles. The van der Waals surface area contributed by atoms with Crippen molar-refractivity contribution >= 4 is 5.91 Å². The molecule has 2 fully saturated rings. The second kappa shape index (κ2) is 10.3. The number of H-pyrrole nitrogens is 1. The zero-order valence-corrected chi connectivity index (χ0v) is 21.4. The van der Waals surface area contributed by atoms with Crippen molar-refractivity contribution in [2.75, 3.05) is 19.7 Å². The summed E-state index contributed by atoms with van der Waals surface area (Å²) in [6.07, 6.45) is 4.46. The first-order valence-electron chi connectivity index (χ1n) is 13.2. The van der Waals surface area contributed by atoms with E-state index in [1.54, 1.807) is 29.2 Å². The number of carbonyl (C=O) groups excluding carboxylic acids is 1. The number of aromatic amines is 1. The zero-order valence-electron chi connectivity index (χ0n) is 21.4. The highest BCUT2D eigenvalue weighted by atomic mass is 19.1. The van der Waals surface area contributed by atoms with E-state index in [0.29, 0.717) is 35.0 Å². The summed E-state index contributed by atoms with van der Waals surface area (Å²) in [6.45, 7) is 4.98. The van der Waals surface area contributed by atoms with Gasteiger partial charge in [-0.05, 0) is 55.4 Å². The van der Waals surface area contributed by atoms with Gasteiger partial charge < -0.3 is 9.64 Å². The van der Waals surface area contributed by atoms with Crippen LogP contribution in [-0.4, -0.2) is 45.7 Å². The van der Waals surface area contributed by atoms with Crippen LogP contribution in [0.3, 0.4) is 0 Å². The number of hydrogen-bond donors (Lipinski definition) is 1. The number of carbonyl (C=O) groups is 1. The fraction of sp³-hybridized carbons (Fsp3) is 0.448. The number of piperidine rings is 1. The van der Waals surface area contributed by atoms with Crippen molar-refractivity contribution < 1.29 is 13.9 Å². The lowest BCUT2D eigenvalue weighted by Gasteiger charge is -2.37. The van der Waals surface area contributed by atoms with E-state index in [9.17, 15) is 10.1 Å². The molecule has 2 heterocycles. The molecule has 192 valence electrons. The van der Waals surface area contributed by atoms with Gasteiger partial charge in [0.2, 0.25) is 0 Å². The molecule has 37 heavy (non-hydrogen) atoms. The summed E-state index contributed by atoms with van der Waals surface area (Å²) < 4.78 is 21.4. The van der Waals surface area contributed by atoms with Crippen LogP contribution in [0.2, 0.25) is 0 Å². The number of aryl methyl sites for hydroxylation is 1. The van der Waals surface area contributed by atoms with Crippen molar-refractivity contribution in [1.82, 2.24) is 20.1 Å². The molecule has 1 saturated carbocycles. The van der Waals surface area contributed by atoms with Gasteiger partial charge in [0.1, 0.15) is 5.67 Å². The summed E-state index contributed by atoms with van der Waals surface area (Å²) >= 11 is 0. The first-order chi connectivity index (χ1) is 18.0. The maximum Gasteiger partial charge on any atom is 0.335 e. The monoisotopic (exact) mass is 501 g/mol. The molecule has 8 heteroatoms. The van der Waals surface area contributed by atoms with Gasteiger partial charge in [-0.3, -0.25) is 9.89 Å². The first-order valence-corrected chi connectivity index (χ1v) is 13.2. The van der Waals surface area contributed by atoms with E-state index in [2.05, 4.69) is 34.2 Å². The van der Waals surface area contributed by atoms with E-state index in [4.69, 9.17) is 4.74 Å². The summed E-state index contributed by atoms with van der Waals surface area (Å²) in [4.78, 5) is 20.0. The Morgan fingerprint density at radius 1 is 1.24 bits per heavy atom. The Bertz CT molecular complexity index is 1330. The standard InChI is InChI=1S/C29H32FN5O2/c1-3-19-16-22(20-9-7-10-20)24(26-32-28(34-33-26)37-4-2)17-23(19)27(36)35-14-12-29(30,13-15-35)25-11-6-5-8-21(25)18-31/h5-6,8,11,16-17,20H,3-4,7,9-10,12-15H2,1-2H3,(H,32,33,34).